The second kappa shape index (κ2) is 11.5. The van der Waals surface area contributed by atoms with Gasteiger partial charge in [-0.05, 0) is 49.6 Å². The number of aromatic nitrogens is 2. The van der Waals surface area contributed by atoms with Gasteiger partial charge in [-0.25, -0.2) is 0 Å². The Balaban J connectivity index is 0.00000324. The molecule has 2 heterocycles. The number of rotatable bonds is 8. The number of methoxy groups -OCH3 is 1. The molecular weight excluding hydrogens is 493 g/mol. The zero-order valence-corrected chi connectivity index (χ0v) is 22.1. The van der Waals surface area contributed by atoms with Gasteiger partial charge in [0.15, 0.2) is 0 Å². The van der Waals surface area contributed by atoms with Crippen LogP contribution in [0.3, 0.4) is 0 Å². The molecule has 1 aliphatic rings. The number of likely N-dealkylation sites (tertiary alicyclic amines) is 1. The van der Waals surface area contributed by atoms with Crippen LogP contribution in [0.4, 0.5) is 0 Å². The number of nitrogens with zero attached hydrogens (tertiary/aromatic N) is 3. The Morgan fingerprint density at radius 2 is 1.94 bits per heavy atom. The summed E-state index contributed by atoms with van der Waals surface area (Å²) in [5.74, 6) is 0.528. The summed E-state index contributed by atoms with van der Waals surface area (Å²) in [5, 5.41) is 11.2. The van der Waals surface area contributed by atoms with Crippen LogP contribution in [0.2, 0.25) is 5.02 Å². The van der Waals surface area contributed by atoms with Crippen molar-refractivity contribution in [1.29, 1.82) is 0 Å². The van der Waals surface area contributed by atoms with E-state index in [1.165, 1.54) is 18.2 Å². The van der Waals surface area contributed by atoms with E-state index in [2.05, 4.69) is 40.2 Å². The Morgan fingerprint density at radius 1 is 1.21 bits per heavy atom. The van der Waals surface area contributed by atoms with E-state index in [1.54, 1.807) is 11.3 Å². The lowest BCUT2D eigenvalue weighted by Gasteiger charge is -2.37. The van der Waals surface area contributed by atoms with Crippen LogP contribution in [-0.2, 0) is 22.5 Å². The first-order valence-corrected chi connectivity index (χ1v) is 12.3. The molecule has 1 fully saturated rings. The summed E-state index contributed by atoms with van der Waals surface area (Å²) in [5.41, 5.74) is 4.55. The molecule has 0 saturated carbocycles. The van der Waals surface area contributed by atoms with Gasteiger partial charge < -0.3 is 9.47 Å². The third-order valence-corrected chi connectivity index (χ3v) is 7.01. The molecule has 0 N–H and O–H groups in total. The molecule has 34 heavy (non-hydrogen) atoms. The summed E-state index contributed by atoms with van der Waals surface area (Å²) in [6.07, 6.45) is 0.950. The summed E-state index contributed by atoms with van der Waals surface area (Å²) in [6.45, 7) is 8.38. The van der Waals surface area contributed by atoms with E-state index in [1.807, 2.05) is 32.0 Å². The maximum Gasteiger partial charge on any atom is 0.311 e. The molecule has 2 aromatic carbocycles. The summed E-state index contributed by atoms with van der Waals surface area (Å²) in [6, 6.07) is 12.0. The molecule has 0 radical (unpaired) electrons. The lowest BCUT2D eigenvalue weighted by atomic mass is 9.95. The third-order valence-electron chi connectivity index (χ3n) is 5.71. The Hall–Kier alpha value is -2.19. The Bertz CT molecular complexity index is 1150. The first-order chi connectivity index (χ1) is 15.9. The molecular formula is C25H29Cl2N3O3S. The van der Waals surface area contributed by atoms with Crippen molar-refractivity contribution in [2.24, 2.45) is 5.92 Å². The second-order valence-electron chi connectivity index (χ2n) is 8.44. The molecule has 1 aromatic heterocycles. The average molecular weight is 522 g/mol. The maximum absolute atomic E-state index is 11.7. The van der Waals surface area contributed by atoms with Crippen LogP contribution >= 0.6 is 35.3 Å². The molecule has 4 rings (SSSR count). The average Bonchev–Trinajstić information content (AvgIpc) is 3.26. The van der Waals surface area contributed by atoms with E-state index in [-0.39, 0.29) is 30.4 Å². The van der Waals surface area contributed by atoms with E-state index in [4.69, 9.17) is 21.1 Å². The highest BCUT2D eigenvalue weighted by atomic mass is 35.5. The predicted molar refractivity (Wildman–Crippen MR) is 139 cm³/mol. The van der Waals surface area contributed by atoms with E-state index in [0.717, 1.165) is 47.2 Å². The fourth-order valence-electron chi connectivity index (χ4n) is 4.09. The minimum atomic E-state index is -0.124. The Morgan fingerprint density at radius 3 is 2.59 bits per heavy atom. The number of halogens is 2. The van der Waals surface area contributed by atoms with Crippen molar-refractivity contribution in [2.75, 3.05) is 20.2 Å². The molecule has 182 valence electrons. The highest BCUT2D eigenvalue weighted by molar-refractivity contribution is 7.17. The molecule has 6 nitrogen and oxygen atoms in total. The van der Waals surface area contributed by atoms with Gasteiger partial charge in [-0.2, -0.15) is 0 Å². The topological polar surface area (TPSA) is 64.6 Å². The van der Waals surface area contributed by atoms with Gasteiger partial charge in [-0.15, -0.1) is 22.6 Å². The minimum absolute atomic E-state index is 0. The van der Waals surface area contributed by atoms with Gasteiger partial charge in [0.25, 0.3) is 0 Å². The van der Waals surface area contributed by atoms with Crippen LogP contribution in [0.1, 0.15) is 31.9 Å². The quantitative estimate of drug-likeness (QED) is 0.343. The number of carbonyl (C=O) groups is 1. The maximum atomic E-state index is 11.7. The number of benzene rings is 2. The van der Waals surface area contributed by atoms with Crippen LogP contribution in [0.15, 0.2) is 36.4 Å². The van der Waals surface area contributed by atoms with Crippen molar-refractivity contribution >= 4 is 41.3 Å². The monoisotopic (exact) mass is 521 g/mol. The standard InChI is InChI=1S/C25H28ClN3O3S.ClH/c1-5-19-17(12-29-13-18(14-29)25(30)31-4)7-6-8-20(19)24-28-27-23(33-24)16-9-10-22(21(26)11-16)32-15(2)3;/h6-11,15,18H,5,12-14H2,1-4H3;1H. The zero-order chi connectivity index (χ0) is 23.5. The van der Waals surface area contributed by atoms with Gasteiger partial charge in [0.2, 0.25) is 0 Å². The normalized spacial score (nSPS) is 13.9. The van der Waals surface area contributed by atoms with Crippen molar-refractivity contribution in [3.05, 3.63) is 52.5 Å². The summed E-state index contributed by atoms with van der Waals surface area (Å²) in [7, 11) is 1.45. The van der Waals surface area contributed by atoms with Crippen LogP contribution < -0.4 is 4.74 Å². The summed E-state index contributed by atoms with van der Waals surface area (Å²) >= 11 is 7.98. The van der Waals surface area contributed by atoms with Crippen molar-refractivity contribution in [2.45, 2.75) is 39.8 Å². The van der Waals surface area contributed by atoms with E-state index in [9.17, 15) is 4.79 Å². The molecule has 0 bridgehead atoms. The van der Waals surface area contributed by atoms with Gasteiger partial charge in [0.1, 0.15) is 15.8 Å². The predicted octanol–water partition coefficient (Wildman–Crippen LogP) is 5.90. The van der Waals surface area contributed by atoms with E-state index >= 15 is 0 Å². The van der Waals surface area contributed by atoms with Gasteiger partial charge in [-0.3, -0.25) is 9.69 Å². The molecule has 1 aliphatic heterocycles. The highest BCUT2D eigenvalue weighted by Gasteiger charge is 2.33. The van der Waals surface area contributed by atoms with Crippen molar-refractivity contribution < 1.29 is 14.3 Å². The number of hydrogen-bond acceptors (Lipinski definition) is 7. The van der Waals surface area contributed by atoms with Crippen molar-refractivity contribution in [3.63, 3.8) is 0 Å². The van der Waals surface area contributed by atoms with E-state index < -0.39 is 0 Å². The lowest BCUT2D eigenvalue weighted by Crippen LogP contribution is -2.50. The van der Waals surface area contributed by atoms with Gasteiger partial charge >= 0.3 is 5.97 Å². The van der Waals surface area contributed by atoms with Gasteiger partial charge in [-0.1, -0.05) is 48.1 Å². The van der Waals surface area contributed by atoms with Crippen LogP contribution in [0.5, 0.6) is 5.75 Å². The summed E-state index contributed by atoms with van der Waals surface area (Å²) in [4.78, 5) is 14.0. The molecule has 0 unspecified atom stereocenters. The number of hydrogen-bond donors (Lipinski definition) is 0. The van der Waals surface area contributed by atoms with Crippen LogP contribution in [0, 0.1) is 5.92 Å². The first-order valence-electron chi connectivity index (χ1n) is 11.1. The molecule has 0 amide bonds. The molecule has 1 saturated heterocycles. The van der Waals surface area contributed by atoms with Crippen LogP contribution in [-0.4, -0.2) is 47.4 Å². The summed E-state index contributed by atoms with van der Waals surface area (Å²) < 4.78 is 10.6. The fraction of sp³-hybridized carbons (Fsp3) is 0.400. The Kier molecular flexibility index (Phi) is 8.93. The first kappa shape index (κ1) is 26.4. The highest BCUT2D eigenvalue weighted by Crippen LogP contribution is 2.36. The molecule has 9 heteroatoms. The number of ether oxygens (including phenoxy) is 2. The minimum Gasteiger partial charge on any atom is -0.489 e. The molecule has 0 spiro atoms. The zero-order valence-electron chi connectivity index (χ0n) is 19.7. The van der Waals surface area contributed by atoms with Crippen molar-refractivity contribution in [3.8, 4) is 26.9 Å². The largest absolute Gasteiger partial charge is 0.489 e. The Labute approximate surface area is 215 Å². The van der Waals surface area contributed by atoms with Gasteiger partial charge in [0, 0.05) is 30.8 Å². The third kappa shape index (κ3) is 5.71. The van der Waals surface area contributed by atoms with Crippen molar-refractivity contribution in [1.82, 2.24) is 15.1 Å². The SMILES string of the molecule is CCc1c(CN2CC(C(=O)OC)C2)cccc1-c1nnc(-c2ccc(OC(C)C)c(Cl)c2)s1.Cl. The molecule has 0 aliphatic carbocycles. The van der Waals surface area contributed by atoms with E-state index in [0.29, 0.717) is 10.8 Å². The number of esters is 1. The smallest absolute Gasteiger partial charge is 0.311 e. The molecule has 0 atom stereocenters. The second-order valence-corrected chi connectivity index (χ2v) is 9.82. The van der Waals surface area contributed by atoms with Gasteiger partial charge in [0.05, 0.1) is 24.2 Å². The number of carbonyl (C=O) groups excluding carboxylic acids is 1. The lowest BCUT2D eigenvalue weighted by molar-refractivity contribution is -0.151. The van der Waals surface area contributed by atoms with Crippen LogP contribution in [0.25, 0.3) is 21.1 Å². The molecule has 3 aromatic rings. The fourth-order valence-corrected chi connectivity index (χ4v) is 5.21.